The molecule has 1 atom stereocenters. The Morgan fingerprint density at radius 1 is 1.21 bits per heavy atom. The van der Waals surface area contributed by atoms with E-state index in [0.717, 1.165) is 6.07 Å². The molecule has 2 aromatic heterocycles. The predicted octanol–water partition coefficient (Wildman–Crippen LogP) is 4.46. The zero-order chi connectivity index (χ0) is 23.9. The minimum Gasteiger partial charge on any atom is -0.616 e. The fraction of sp³-hybridized carbons (Fsp3) is 0.435. The van der Waals surface area contributed by atoms with Crippen molar-refractivity contribution >= 4 is 22.2 Å². The molecule has 4 rings (SSSR count). The second kappa shape index (κ2) is 9.06. The van der Waals surface area contributed by atoms with Crippen molar-refractivity contribution in [3.63, 3.8) is 0 Å². The van der Waals surface area contributed by atoms with Crippen molar-refractivity contribution in [2.24, 2.45) is 7.05 Å². The van der Waals surface area contributed by atoms with Crippen molar-refractivity contribution in [3.05, 3.63) is 69.1 Å². The average molecular weight is 482 g/mol. The van der Waals surface area contributed by atoms with Gasteiger partial charge in [0.1, 0.15) is 35.0 Å². The molecule has 33 heavy (non-hydrogen) atoms. The van der Waals surface area contributed by atoms with Gasteiger partial charge in [-0.25, -0.2) is 27.5 Å². The highest BCUT2D eigenvalue weighted by molar-refractivity contribution is 7.91. The standard InChI is InChI=1S/C23H23F4N3O2S/c1-13(14-4-3-5-15(19(14)24)20(25)26)10-18-16-11-17(23(27)6-8-33(32)9-7-23)22(31)30(2)21(16)29-12-28-18/h3-5,11-13,20H,6-10H2,1-2H3/t13-,23?,33?/m0/s1. The van der Waals surface area contributed by atoms with Crippen LogP contribution in [0.2, 0.25) is 0 Å². The second-order valence-corrected chi connectivity index (χ2v) is 10.1. The summed E-state index contributed by atoms with van der Waals surface area (Å²) in [6.45, 7) is 1.69. The van der Waals surface area contributed by atoms with E-state index in [1.807, 2.05) is 0 Å². The average Bonchev–Trinajstić information content (AvgIpc) is 2.78. The predicted molar refractivity (Wildman–Crippen MR) is 118 cm³/mol. The van der Waals surface area contributed by atoms with Crippen LogP contribution >= 0.6 is 0 Å². The Labute approximate surface area is 191 Å². The van der Waals surface area contributed by atoms with Gasteiger partial charge >= 0.3 is 0 Å². The summed E-state index contributed by atoms with van der Waals surface area (Å²) in [4.78, 5) is 21.4. The van der Waals surface area contributed by atoms with Crippen LogP contribution in [-0.4, -0.2) is 30.6 Å². The van der Waals surface area contributed by atoms with Gasteiger partial charge in [-0.3, -0.25) is 9.36 Å². The molecule has 1 aromatic carbocycles. The Kier molecular flexibility index (Phi) is 6.50. The van der Waals surface area contributed by atoms with Crippen molar-refractivity contribution in [2.75, 3.05) is 11.5 Å². The number of nitrogens with zero attached hydrogens (tertiary/aromatic N) is 3. The molecule has 0 N–H and O–H groups in total. The highest BCUT2D eigenvalue weighted by Crippen LogP contribution is 2.38. The molecule has 0 spiro atoms. The first-order valence-corrected chi connectivity index (χ1v) is 12.1. The van der Waals surface area contributed by atoms with Crippen LogP contribution in [0, 0.1) is 5.82 Å². The fourth-order valence-electron chi connectivity index (χ4n) is 4.37. The molecule has 1 saturated heterocycles. The highest BCUT2D eigenvalue weighted by Gasteiger charge is 2.41. The summed E-state index contributed by atoms with van der Waals surface area (Å²) in [7, 11) is 1.49. The molecule has 5 nitrogen and oxygen atoms in total. The summed E-state index contributed by atoms with van der Waals surface area (Å²) < 4.78 is 69.6. The molecule has 3 heterocycles. The van der Waals surface area contributed by atoms with E-state index in [9.17, 15) is 22.5 Å². The number of pyridine rings is 1. The Hall–Kier alpha value is -2.46. The van der Waals surface area contributed by atoms with E-state index in [1.165, 1.54) is 36.1 Å². The lowest BCUT2D eigenvalue weighted by Gasteiger charge is -2.30. The van der Waals surface area contributed by atoms with Gasteiger partial charge in [-0.05, 0) is 24.0 Å². The van der Waals surface area contributed by atoms with Crippen LogP contribution in [0.25, 0.3) is 11.0 Å². The Bertz CT molecular complexity index is 1240. The van der Waals surface area contributed by atoms with Gasteiger partial charge in [0.25, 0.3) is 12.0 Å². The van der Waals surface area contributed by atoms with Crippen LogP contribution in [-0.2, 0) is 30.3 Å². The van der Waals surface area contributed by atoms with E-state index in [2.05, 4.69) is 9.97 Å². The van der Waals surface area contributed by atoms with Gasteiger partial charge in [-0.2, -0.15) is 0 Å². The maximum absolute atomic E-state index is 15.8. The maximum Gasteiger partial charge on any atom is 0.266 e. The number of aryl methyl sites for hydroxylation is 1. The van der Waals surface area contributed by atoms with Crippen molar-refractivity contribution in [1.29, 1.82) is 0 Å². The molecule has 1 fully saturated rings. The number of fused-ring (bicyclic) bond motifs is 1. The number of benzene rings is 1. The maximum atomic E-state index is 15.8. The quantitative estimate of drug-likeness (QED) is 0.399. The fourth-order valence-corrected chi connectivity index (χ4v) is 5.67. The number of rotatable bonds is 5. The smallest absolute Gasteiger partial charge is 0.266 e. The summed E-state index contributed by atoms with van der Waals surface area (Å²) in [5, 5.41) is 0.440. The zero-order valence-electron chi connectivity index (χ0n) is 18.2. The Balaban J connectivity index is 1.77. The molecule has 3 aromatic rings. The van der Waals surface area contributed by atoms with Crippen LogP contribution in [0.5, 0.6) is 0 Å². The number of hydrogen-bond acceptors (Lipinski definition) is 4. The van der Waals surface area contributed by atoms with E-state index in [1.54, 1.807) is 6.92 Å². The minimum atomic E-state index is -2.93. The van der Waals surface area contributed by atoms with E-state index in [-0.39, 0.29) is 41.9 Å². The second-order valence-electron chi connectivity index (χ2n) is 8.45. The number of hydrogen-bond donors (Lipinski definition) is 0. The van der Waals surface area contributed by atoms with Gasteiger partial charge in [0.2, 0.25) is 0 Å². The normalized spacial score (nSPS) is 22.1. The van der Waals surface area contributed by atoms with Crippen molar-refractivity contribution in [2.45, 2.75) is 44.2 Å². The first-order valence-electron chi connectivity index (χ1n) is 10.6. The molecule has 0 saturated carbocycles. The van der Waals surface area contributed by atoms with Crippen molar-refractivity contribution in [3.8, 4) is 0 Å². The van der Waals surface area contributed by atoms with Crippen LogP contribution in [0.3, 0.4) is 0 Å². The third-order valence-corrected chi connectivity index (χ3v) is 7.66. The topological polar surface area (TPSA) is 70.8 Å². The molecule has 0 unspecified atom stereocenters. The van der Waals surface area contributed by atoms with Gasteiger partial charge in [0.15, 0.2) is 0 Å². The summed E-state index contributed by atoms with van der Waals surface area (Å²) in [5.41, 5.74) is -2.25. The van der Waals surface area contributed by atoms with Crippen LogP contribution in [0.1, 0.15) is 54.5 Å². The van der Waals surface area contributed by atoms with Crippen molar-refractivity contribution in [1.82, 2.24) is 14.5 Å². The number of alkyl halides is 3. The van der Waals surface area contributed by atoms with Gasteiger partial charge in [0, 0.05) is 25.3 Å². The molecular weight excluding hydrogens is 458 g/mol. The highest BCUT2D eigenvalue weighted by atomic mass is 32.2. The van der Waals surface area contributed by atoms with E-state index >= 15 is 4.39 Å². The largest absolute Gasteiger partial charge is 0.616 e. The molecule has 1 aliphatic heterocycles. The zero-order valence-corrected chi connectivity index (χ0v) is 19.0. The van der Waals surface area contributed by atoms with Crippen LogP contribution < -0.4 is 5.56 Å². The van der Waals surface area contributed by atoms with Gasteiger partial charge in [-0.1, -0.05) is 36.3 Å². The first-order chi connectivity index (χ1) is 15.6. The number of halogens is 4. The number of aromatic nitrogens is 3. The van der Waals surface area contributed by atoms with E-state index in [4.69, 9.17) is 0 Å². The molecule has 0 aliphatic carbocycles. The molecule has 176 valence electrons. The van der Waals surface area contributed by atoms with Crippen LogP contribution in [0.4, 0.5) is 17.6 Å². The molecule has 0 amide bonds. The molecule has 1 aliphatic rings. The Morgan fingerprint density at radius 3 is 2.55 bits per heavy atom. The SMILES string of the molecule is C[C@@H](Cc1ncnc2c1cc(C1(F)CC[S+]([O-])CC1)c(=O)n2C)c1cccc(C(F)F)c1F. The third-order valence-electron chi connectivity index (χ3n) is 6.35. The summed E-state index contributed by atoms with van der Waals surface area (Å²) >= 11 is -1.10. The Morgan fingerprint density at radius 2 is 1.88 bits per heavy atom. The van der Waals surface area contributed by atoms with E-state index < -0.39 is 46.1 Å². The van der Waals surface area contributed by atoms with E-state index in [0.29, 0.717) is 16.7 Å². The molecular formula is C23H23F4N3O2S. The van der Waals surface area contributed by atoms with Gasteiger partial charge < -0.3 is 4.55 Å². The lowest BCUT2D eigenvalue weighted by atomic mass is 9.89. The summed E-state index contributed by atoms with van der Waals surface area (Å²) in [6, 6.07) is 5.33. The first kappa shape index (κ1) is 23.7. The summed E-state index contributed by atoms with van der Waals surface area (Å²) in [5.74, 6) is -1.12. The lowest BCUT2D eigenvalue weighted by molar-refractivity contribution is 0.145. The molecule has 0 radical (unpaired) electrons. The minimum absolute atomic E-state index is 0.0224. The lowest BCUT2D eigenvalue weighted by Crippen LogP contribution is -2.39. The monoisotopic (exact) mass is 481 g/mol. The van der Waals surface area contributed by atoms with Crippen molar-refractivity contribution < 1.29 is 22.1 Å². The molecule has 0 bridgehead atoms. The third kappa shape index (κ3) is 4.38. The van der Waals surface area contributed by atoms with Gasteiger partial charge in [-0.15, -0.1) is 0 Å². The van der Waals surface area contributed by atoms with Crippen LogP contribution in [0.15, 0.2) is 35.4 Å². The molecule has 10 heteroatoms. The van der Waals surface area contributed by atoms with Gasteiger partial charge in [0.05, 0.1) is 16.8 Å². The summed E-state index contributed by atoms with van der Waals surface area (Å²) in [6.07, 6.45) is -1.54.